The van der Waals surface area contributed by atoms with Gasteiger partial charge in [0.25, 0.3) is 0 Å². The summed E-state index contributed by atoms with van der Waals surface area (Å²) in [6.07, 6.45) is 7.51. The Morgan fingerprint density at radius 1 is 1.30 bits per heavy atom. The lowest BCUT2D eigenvalue weighted by atomic mass is 10.1. The number of hydrogen-bond donors (Lipinski definition) is 3. The van der Waals surface area contributed by atoms with Gasteiger partial charge in [-0.3, -0.25) is 9.59 Å². The molecule has 27 heavy (non-hydrogen) atoms. The van der Waals surface area contributed by atoms with Gasteiger partial charge in [0.2, 0.25) is 12.8 Å². The molecule has 2 amide bonds. The lowest BCUT2D eigenvalue weighted by Gasteiger charge is -2.19. The average Bonchev–Trinajstić information content (AvgIpc) is 3.24. The highest BCUT2D eigenvalue weighted by atomic mass is 16.1. The van der Waals surface area contributed by atoms with E-state index in [9.17, 15) is 9.59 Å². The minimum Gasteiger partial charge on any atom is -0.335 e. The molecular weight excluding hydrogens is 342 g/mol. The normalized spacial score (nSPS) is 24.6. The van der Waals surface area contributed by atoms with Gasteiger partial charge in [0.15, 0.2) is 0 Å². The first-order valence-corrected chi connectivity index (χ1v) is 9.35. The van der Waals surface area contributed by atoms with Crippen LogP contribution < -0.4 is 16.4 Å². The van der Waals surface area contributed by atoms with Gasteiger partial charge in [0, 0.05) is 19.3 Å². The van der Waals surface area contributed by atoms with Gasteiger partial charge >= 0.3 is 0 Å². The van der Waals surface area contributed by atoms with Gasteiger partial charge in [0.05, 0.1) is 5.69 Å². The Balaban J connectivity index is 1.47. The number of amides is 2. The number of carbonyl (C=O) groups is 2. The van der Waals surface area contributed by atoms with Crippen molar-refractivity contribution in [2.24, 2.45) is 22.1 Å². The first-order chi connectivity index (χ1) is 13.2. The Morgan fingerprint density at radius 3 is 2.78 bits per heavy atom. The molecule has 0 aromatic heterocycles. The number of benzene rings is 1. The second-order valence-corrected chi connectivity index (χ2v) is 7.35. The highest BCUT2D eigenvalue weighted by Crippen LogP contribution is 2.56. The fourth-order valence-corrected chi connectivity index (χ4v) is 3.92. The van der Waals surface area contributed by atoms with Crippen LogP contribution in [0.1, 0.15) is 18.4 Å². The van der Waals surface area contributed by atoms with Gasteiger partial charge in [-0.1, -0.05) is 12.1 Å². The van der Waals surface area contributed by atoms with Gasteiger partial charge < -0.3 is 21.3 Å². The van der Waals surface area contributed by atoms with Crippen LogP contribution >= 0.6 is 0 Å². The minimum atomic E-state index is 0.355. The van der Waals surface area contributed by atoms with Crippen LogP contribution in [0.5, 0.6) is 0 Å². The first-order valence-electron chi connectivity index (χ1n) is 9.35. The van der Waals surface area contributed by atoms with E-state index in [4.69, 9.17) is 5.73 Å². The maximum absolute atomic E-state index is 10.7. The molecule has 1 heterocycles. The molecule has 1 saturated heterocycles. The van der Waals surface area contributed by atoms with Crippen LogP contribution in [0.2, 0.25) is 0 Å². The summed E-state index contributed by atoms with van der Waals surface area (Å²) >= 11 is 0. The van der Waals surface area contributed by atoms with Gasteiger partial charge in [0.1, 0.15) is 5.84 Å². The Kier molecular flexibility index (Phi) is 6.36. The Hall–Kier alpha value is -2.51. The van der Waals surface area contributed by atoms with E-state index in [1.54, 1.807) is 0 Å². The van der Waals surface area contributed by atoms with Gasteiger partial charge in [-0.25, -0.2) is 4.99 Å². The van der Waals surface area contributed by atoms with Crippen molar-refractivity contribution in [2.75, 3.05) is 26.2 Å². The number of piperidine rings is 1. The molecule has 7 nitrogen and oxygen atoms in total. The number of aryl methyl sites for hydroxylation is 1. The summed E-state index contributed by atoms with van der Waals surface area (Å²) in [6.45, 7) is 4.34. The van der Waals surface area contributed by atoms with Crippen molar-refractivity contribution in [1.29, 1.82) is 0 Å². The Bertz CT molecular complexity index is 712. The van der Waals surface area contributed by atoms with Crippen molar-refractivity contribution < 1.29 is 9.59 Å². The molecule has 2 fully saturated rings. The Labute approximate surface area is 159 Å². The van der Waals surface area contributed by atoms with Crippen LogP contribution in [0.3, 0.4) is 0 Å². The minimum absolute atomic E-state index is 0.355. The third-order valence-corrected chi connectivity index (χ3v) is 5.52. The van der Waals surface area contributed by atoms with E-state index in [1.165, 1.54) is 37.3 Å². The highest BCUT2D eigenvalue weighted by Gasteiger charge is 2.58. The summed E-state index contributed by atoms with van der Waals surface area (Å²) in [6, 6.07) is 7.98. The second-order valence-electron chi connectivity index (χ2n) is 7.35. The molecule has 144 valence electrons. The van der Waals surface area contributed by atoms with Gasteiger partial charge in [-0.15, -0.1) is 0 Å². The summed E-state index contributed by atoms with van der Waals surface area (Å²) in [5.74, 6) is 1.19. The van der Waals surface area contributed by atoms with Gasteiger partial charge in [-0.2, -0.15) is 0 Å². The zero-order chi connectivity index (χ0) is 19.1. The number of amidine groups is 1. The number of fused-ring (bicyclic) bond motifs is 1. The lowest BCUT2D eigenvalue weighted by Crippen LogP contribution is -2.29. The summed E-state index contributed by atoms with van der Waals surface area (Å²) in [5.41, 5.74) is 8.37. The summed E-state index contributed by atoms with van der Waals surface area (Å²) in [4.78, 5) is 27.8. The molecule has 4 N–H and O–H groups in total. The molecule has 7 heteroatoms. The molecule has 2 aliphatic rings. The SMILES string of the molecule is NCC12CC1CN(CCCc1ccc(N=C(/C=C\NC=O)NC=O)cc1)C2. The lowest BCUT2D eigenvalue weighted by molar-refractivity contribution is -0.109. The molecule has 0 radical (unpaired) electrons. The summed E-state index contributed by atoms with van der Waals surface area (Å²) < 4.78 is 0. The number of nitrogens with zero attached hydrogens (tertiary/aromatic N) is 2. The van der Waals surface area contributed by atoms with Crippen LogP contribution in [0, 0.1) is 11.3 Å². The number of aliphatic imine (C=N–C) groups is 1. The van der Waals surface area contributed by atoms with Crippen LogP contribution in [0.4, 0.5) is 5.69 Å². The monoisotopic (exact) mass is 369 g/mol. The number of hydrogen-bond acceptors (Lipinski definition) is 5. The standard InChI is InChI=1S/C20H27N5O2/c21-12-20-10-17(20)11-25(13-20)9-1-2-16-3-5-18(6-4-16)24-19(23-15-27)7-8-22-14-26/h3-8,14-15,17H,1-2,9-13,21H2,(H,22,26)(H,23,24,27)/b8-7-. The fraction of sp³-hybridized carbons (Fsp3) is 0.450. The maximum Gasteiger partial charge on any atom is 0.212 e. The van der Waals surface area contributed by atoms with E-state index in [-0.39, 0.29) is 0 Å². The summed E-state index contributed by atoms with van der Waals surface area (Å²) in [5, 5.41) is 4.88. The number of carbonyl (C=O) groups excluding carboxylic acids is 2. The van der Waals surface area contributed by atoms with Crippen molar-refractivity contribution in [3.8, 4) is 0 Å². The zero-order valence-corrected chi connectivity index (χ0v) is 15.4. The third-order valence-electron chi connectivity index (χ3n) is 5.52. The second kappa shape index (κ2) is 8.92. The van der Waals surface area contributed by atoms with Crippen LogP contribution in [-0.4, -0.2) is 49.7 Å². The molecular formula is C20H27N5O2. The van der Waals surface area contributed by atoms with Crippen LogP contribution in [0.15, 0.2) is 41.5 Å². The zero-order valence-electron chi connectivity index (χ0n) is 15.4. The van der Waals surface area contributed by atoms with Crippen molar-refractivity contribution >= 4 is 24.3 Å². The largest absolute Gasteiger partial charge is 0.335 e. The maximum atomic E-state index is 10.7. The Morgan fingerprint density at radius 2 is 2.11 bits per heavy atom. The van der Waals surface area contributed by atoms with E-state index in [2.05, 4.69) is 32.7 Å². The smallest absolute Gasteiger partial charge is 0.212 e. The van der Waals surface area contributed by atoms with E-state index in [0.29, 0.717) is 24.1 Å². The quantitative estimate of drug-likeness (QED) is 0.325. The van der Waals surface area contributed by atoms with E-state index >= 15 is 0 Å². The molecule has 1 aliphatic carbocycles. The molecule has 2 atom stereocenters. The van der Waals surface area contributed by atoms with Crippen molar-refractivity contribution in [2.45, 2.75) is 19.3 Å². The van der Waals surface area contributed by atoms with Crippen LogP contribution in [-0.2, 0) is 16.0 Å². The molecule has 1 saturated carbocycles. The topological polar surface area (TPSA) is 99.8 Å². The van der Waals surface area contributed by atoms with E-state index < -0.39 is 0 Å². The highest BCUT2D eigenvalue weighted by molar-refractivity contribution is 6.00. The van der Waals surface area contributed by atoms with Gasteiger partial charge in [-0.05, 0) is 67.5 Å². The van der Waals surface area contributed by atoms with E-state index in [1.807, 2.05) is 12.1 Å². The number of rotatable bonds is 10. The number of likely N-dealkylation sites (tertiary alicyclic amines) is 1. The van der Waals surface area contributed by atoms with Crippen LogP contribution in [0.25, 0.3) is 0 Å². The average molecular weight is 369 g/mol. The molecule has 1 aromatic carbocycles. The predicted molar refractivity (Wildman–Crippen MR) is 105 cm³/mol. The molecule has 0 spiro atoms. The molecule has 1 aromatic rings. The van der Waals surface area contributed by atoms with Crippen molar-refractivity contribution in [1.82, 2.24) is 15.5 Å². The number of nitrogens with two attached hydrogens (primary N) is 1. The summed E-state index contributed by atoms with van der Waals surface area (Å²) in [7, 11) is 0. The molecule has 1 aliphatic heterocycles. The van der Waals surface area contributed by atoms with E-state index in [0.717, 1.165) is 37.5 Å². The number of nitrogens with one attached hydrogen (secondary N) is 2. The molecule has 2 unspecified atom stereocenters. The predicted octanol–water partition coefficient (Wildman–Crippen LogP) is 0.936. The molecule has 3 rings (SSSR count). The third kappa shape index (κ3) is 5.02. The molecule has 0 bridgehead atoms. The van der Waals surface area contributed by atoms with Crippen molar-refractivity contribution in [3.63, 3.8) is 0 Å². The first kappa shape index (κ1) is 19.3. The fourth-order valence-electron chi connectivity index (χ4n) is 3.92. The van der Waals surface area contributed by atoms with Crippen molar-refractivity contribution in [3.05, 3.63) is 42.1 Å².